The Kier molecular flexibility index (Phi) is 7.75. The molecule has 0 atom stereocenters. The van der Waals surface area contributed by atoms with Gasteiger partial charge in [-0.1, -0.05) is 41.4 Å². The van der Waals surface area contributed by atoms with Crippen LogP contribution in [0.3, 0.4) is 0 Å². The van der Waals surface area contributed by atoms with Crippen molar-refractivity contribution in [3.8, 4) is 5.75 Å². The Balaban J connectivity index is 1.72. The number of nitrogens with one attached hydrogen (secondary N) is 1. The zero-order valence-electron chi connectivity index (χ0n) is 14.0. The van der Waals surface area contributed by atoms with E-state index in [-0.39, 0.29) is 18.9 Å². The summed E-state index contributed by atoms with van der Waals surface area (Å²) in [6.45, 7) is 0.296. The first-order chi connectivity index (χ1) is 12.5. The van der Waals surface area contributed by atoms with Crippen LogP contribution in [0.15, 0.2) is 42.5 Å². The molecule has 0 saturated heterocycles. The highest BCUT2D eigenvalue weighted by molar-refractivity contribution is 6.35. The second-order valence-electron chi connectivity index (χ2n) is 5.63. The van der Waals surface area contributed by atoms with E-state index in [1.807, 2.05) is 0 Å². The van der Waals surface area contributed by atoms with Gasteiger partial charge in [-0.25, -0.2) is 0 Å². The molecule has 2 N–H and O–H groups in total. The summed E-state index contributed by atoms with van der Waals surface area (Å²) < 4.78 is 5.42. The molecule has 0 unspecified atom stereocenters. The van der Waals surface area contributed by atoms with Crippen molar-refractivity contribution < 1.29 is 19.4 Å². The van der Waals surface area contributed by atoms with Crippen molar-refractivity contribution in [2.24, 2.45) is 0 Å². The van der Waals surface area contributed by atoms with Gasteiger partial charge in [-0.05, 0) is 48.2 Å². The SMILES string of the molecule is O=C(O)CCc1ccc(OCC(=O)NCCc2c(Cl)cccc2Cl)cc1. The highest BCUT2D eigenvalue weighted by atomic mass is 35.5. The van der Waals surface area contributed by atoms with E-state index in [9.17, 15) is 9.59 Å². The minimum Gasteiger partial charge on any atom is -0.484 e. The summed E-state index contributed by atoms with van der Waals surface area (Å²) in [5.41, 5.74) is 1.70. The lowest BCUT2D eigenvalue weighted by atomic mass is 10.1. The summed E-state index contributed by atoms with van der Waals surface area (Å²) in [5.74, 6) is -0.531. The number of amides is 1. The lowest BCUT2D eigenvalue weighted by Crippen LogP contribution is -2.30. The predicted octanol–water partition coefficient (Wildman–Crippen LogP) is 3.75. The smallest absolute Gasteiger partial charge is 0.303 e. The summed E-state index contributed by atoms with van der Waals surface area (Å²) in [4.78, 5) is 22.4. The van der Waals surface area contributed by atoms with Gasteiger partial charge in [-0.15, -0.1) is 0 Å². The van der Waals surface area contributed by atoms with Gasteiger partial charge >= 0.3 is 5.97 Å². The highest BCUT2D eigenvalue weighted by Gasteiger charge is 2.07. The third kappa shape index (κ3) is 6.58. The average Bonchev–Trinajstić information content (AvgIpc) is 2.61. The zero-order chi connectivity index (χ0) is 18.9. The topological polar surface area (TPSA) is 75.6 Å². The Morgan fingerprint density at radius 3 is 2.27 bits per heavy atom. The van der Waals surface area contributed by atoms with E-state index in [2.05, 4.69) is 5.32 Å². The fourth-order valence-electron chi connectivity index (χ4n) is 2.30. The maximum absolute atomic E-state index is 11.9. The van der Waals surface area contributed by atoms with Crippen LogP contribution in [0, 0.1) is 0 Å². The second kappa shape index (κ2) is 10.0. The van der Waals surface area contributed by atoms with Gasteiger partial charge in [0, 0.05) is 23.0 Å². The van der Waals surface area contributed by atoms with Gasteiger partial charge in [0.05, 0.1) is 0 Å². The Labute approximate surface area is 161 Å². The molecule has 0 heterocycles. The maximum Gasteiger partial charge on any atom is 0.303 e. The Morgan fingerprint density at radius 2 is 1.65 bits per heavy atom. The molecule has 0 aliphatic heterocycles. The highest BCUT2D eigenvalue weighted by Crippen LogP contribution is 2.24. The molecule has 0 fully saturated rings. The number of aryl methyl sites for hydroxylation is 1. The maximum atomic E-state index is 11.9. The quantitative estimate of drug-likeness (QED) is 0.677. The first-order valence-electron chi connectivity index (χ1n) is 8.09. The molecule has 0 saturated carbocycles. The summed E-state index contributed by atoms with van der Waals surface area (Å²) >= 11 is 12.2. The van der Waals surface area contributed by atoms with E-state index in [4.69, 9.17) is 33.0 Å². The third-order valence-corrected chi connectivity index (χ3v) is 4.39. The number of carboxylic acids is 1. The predicted molar refractivity (Wildman–Crippen MR) is 101 cm³/mol. The second-order valence-corrected chi connectivity index (χ2v) is 6.44. The molecule has 0 radical (unpaired) electrons. The van der Waals surface area contributed by atoms with Crippen LogP contribution < -0.4 is 10.1 Å². The van der Waals surface area contributed by atoms with Gasteiger partial charge < -0.3 is 15.2 Å². The number of aliphatic carboxylic acids is 1. The van der Waals surface area contributed by atoms with Crippen LogP contribution in [0.4, 0.5) is 0 Å². The summed E-state index contributed by atoms with van der Waals surface area (Å²) in [6, 6.07) is 12.3. The molecule has 5 nitrogen and oxygen atoms in total. The van der Waals surface area contributed by atoms with Crippen molar-refractivity contribution in [2.75, 3.05) is 13.2 Å². The summed E-state index contributed by atoms with van der Waals surface area (Å²) in [6.07, 6.45) is 1.07. The number of carboxylic acid groups (broad SMARTS) is 1. The van der Waals surface area contributed by atoms with Crippen LogP contribution in [-0.4, -0.2) is 30.1 Å². The molecule has 0 aliphatic rings. The number of carbonyl (C=O) groups excluding carboxylic acids is 1. The minimum atomic E-state index is -0.833. The van der Waals surface area contributed by atoms with E-state index in [0.717, 1.165) is 11.1 Å². The number of halogens is 2. The number of hydrogen-bond acceptors (Lipinski definition) is 3. The molecule has 0 spiro atoms. The van der Waals surface area contributed by atoms with E-state index in [0.29, 0.717) is 35.2 Å². The number of ether oxygens (including phenoxy) is 1. The Morgan fingerprint density at radius 1 is 1.00 bits per heavy atom. The molecule has 138 valence electrons. The van der Waals surface area contributed by atoms with Gasteiger partial charge in [0.1, 0.15) is 5.75 Å². The average molecular weight is 396 g/mol. The molecule has 0 bridgehead atoms. The molecule has 1 amide bonds. The van der Waals surface area contributed by atoms with Crippen LogP contribution in [-0.2, 0) is 22.4 Å². The molecule has 2 aromatic carbocycles. The molecule has 2 rings (SSSR count). The monoisotopic (exact) mass is 395 g/mol. The lowest BCUT2D eigenvalue weighted by Gasteiger charge is -2.10. The first-order valence-corrected chi connectivity index (χ1v) is 8.84. The van der Waals surface area contributed by atoms with Crippen molar-refractivity contribution in [1.82, 2.24) is 5.32 Å². The van der Waals surface area contributed by atoms with Crippen LogP contribution in [0.5, 0.6) is 5.75 Å². The summed E-state index contributed by atoms with van der Waals surface area (Å²) in [7, 11) is 0. The lowest BCUT2D eigenvalue weighted by molar-refractivity contribution is -0.137. The van der Waals surface area contributed by atoms with E-state index >= 15 is 0 Å². The largest absolute Gasteiger partial charge is 0.484 e. The Bertz CT molecular complexity index is 742. The zero-order valence-corrected chi connectivity index (χ0v) is 15.5. The van der Waals surface area contributed by atoms with Crippen molar-refractivity contribution in [3.63, 3.8) is 0 Å². The van der Waals surface area contributed by atoms with E-state index in [1.54, 1.807) is 42.5 Å². The number of carbonyl (C=O) groups is 2. The van der Waals surface area contributed by atoms with E-state index in [1.165, 1.54) is 0 Å². The standard InChI is InChI=1S/C19H19Cl2NO4/c20-16-2-1-3-17(21)15(16)10-11-22-18(23)12-26-14-7-4-13(5-8-14)6-9-19(24)25/h1-5,7-8H,6,9-12H2,(H,22,23)(H,24,25). The third-order valence-electron chi connectivity index (χ3n) is 3.68. The molecule has 26 heavy (non-hydrogen) atoms. The molecule has 0 aromatic heterocycles. The molecular weight excluding hydrogens is 377 g/mol. The normalized spacial score (nSPS) is 10.4. The van der Waals surface area contributed by atoms with Gasteiger partial charge in [-0.3, -0.25) is 9.59 Å². The Hall–Kier alpha value is -2.24. The molecule has 2 aromatic rings. The van der Waals surface area contributed by atoms with Crippen LogP contribution in [0.25, 0.3) is 0 Å². The van der Waals surface area contributed by atoms with Gasteiger partial charge in [0.25, 0.3) is 5.91 Å². The molecular formula is C19H19Cl2NO4. The van der Waals surface area contributed by atoms with Crippen molar-refractivity contribution in [3.05, 3.63) is 63.6 Å². The van der Waals surface area contributed by atoms with Crippen LogP contribution >= 0.6 is 23.2 Å². The number of hydrogen-bond donors (Lipinski definition) is 2. The molecule has 0 aliphatic carbocycles. The fraction of sp³-hybridized carbons (Fsp3) is 0.263. The fourth-order valence-corrected chi connectivity index (χ4v) is 2.89. The van der Waals surface area contributed by atoms with Crippen molar-refractivity contribution in [2.45, 2.75) is 19.3 Å². The van der Waals surface area contributed by atoms with Crippen molar-refractivity contribution >= 4 is 35.1 Å². The minimum absolute atomic E-state index is 0.0814. The van der Waals surface area contributed by atoms with Crippen LogP contribution in [0.1, 0.15) is 17.5 Å². The van der Waals surface area contributed by atoms with Gasteiger partial charge in [0.15, 0.2) is 6.61 Å². The van der Waals surface area contributed by atoms with Crippen LogP contribution in [0.2, 0.25) is 10.0 Å². The first kappa shape index (κ1) is 20.1. The van der Waals surface area contributed by atoms with Gasteiger partial charge in [0.2, 0.25) is 0 Å². The number of benzene rings is 2. The van der Waals surface area contributed by atoms with E-state index < -0.39 is 5.97 Å². The van der Waals surface area contributed by atoms with Gasteiger partial charge in [-0.2, -0.15) is 0 Å². The number of rotatable bonds is 9. The summed E-state index contributed by atoms with van der Waals surface area (Å²) in [5, 5.41) is 12.6. The molecule has 7 heteroatoms. The van der Waals surface area contributed by atoms with Crippen molar-refractivity contribution in [1.29, 1.82) is 0 Å².